The summed E-state index contributed by atoms with van der Waals surface area (Å²) in [6.45, 7) is 2.41. The number of nitrogens with two attached hydrogens (primary N) is 1. The van der Waals surface area contributed by atoms with Gasteiger partial charge in [0.2, 0.25) is 5.91 Å². The third-order valence-electron chi connectivity index (χ3n) is 1.79. The lowest BCUT2D eigenvalue weighted by atomic mass is 10.1. The number of hydrogen-bond acceptors (Lipinski definition) is 3. The lowest BCUT2D eigenvalue weighted by molar-refractivity contribution is -0.125. The van der Waals surface area contributed by atoms with Gasteiger partial charge in [-0.25, -0.2) is 5.90 Å². The number of amides is 1. The molecule has 1 rings (SSSR count). The van der Waals surface area contributed by atoms with E-state index >= 15 is 0 Å². The van der Waals surface area contributed by atoms with Gasteiger partial charge in [-0.2, -0.15) is 0 Å². The van der Waals surface area contributed by atoms with Crippen LogP contribution in [0, 0.1) is 6.92 Å². The maximum atomic E-state index is 11.0. The number of rotatable bonds is 4. The Kier molecular flexibility index (Phi) is 4.10. The van der Waals surface area contributed by atoms with Gasteiger partial charge in [-0.3, -0.25) is 9.63 Å². The van der Waals surface area contributed by atoms with Gasteiger partial charge in [-0.05, 0) is 12.5 Å². The SMILES string of the molecule is Cc1cccc(CNC(=O)CON)c1. The van der Waals surface area contributed by atoms with Crippen LogP contribution in [0.4, 0.5) is 0 Å². The molecular weight excluding hydrogens is 180 g/mol. The minimum atomic E-state index is -0.214. The second kappa shape index (κ2) is 5.36. The van der Waals surface area contributed by atoms with Gasteiger partial charge in [0, 0.05) is 6.54 Å². The molecule has 0 spiro atoms. The van der Waals surface area contributed by atoms with E-state index in [2.05, 4.69) is 10.2 Å². The van der Waals surface area contributed by atoms with E-state index in [-0.39, 0.29) is 12.5 Å². The van der Waals surface area contributed by atoms with Crippen molar-refractivity contribution in [3.8, 4) is 0 Å². The van der Waals surface area contributed by atoms with E-state index < -0.39 is 0 Å². The van der Waals surface area contributed by atoms with Crippen molar-refractivity contribution in [1.29, 1.82) is 0 Å². The zero-order chi connectivity index (χ0) is 10.4. The van der Waals surface area contributed by atoms with E-state index in [0.29, 0.717) is 6.54 Å². The third-order valence-corrected chi connectivity index (χ3v) is 1.79. The van der Waals surface area contributed by atoms with Crippen molar-refractivity contribution in [3.05, 3.63) is 35.4 Å². The first-order valence-electron chi connectivity index (χ1n) is 4.36. The molecule has 0 unspecified atom stereocenters. The average Bonchev–Trinajstić information content (AvgIpc) is 2.15. The molecule has 14 heavy (non-hydrogen) atoms. The molecule has 76 valence electrons. The van der Waals surface area contributed by atoms with Crippen molar-refractivity contribution in [2.75, 3.05) is 6.61 Å². The predicted octanol–water partition coefficient (Wildman–Crippen LogP) is 0.502. The van der Waals surface area contributed by atoms with Crippen molar-refractivity contribution in [1.82, 2.24) is 5.32 Å². The van der Waals surface area contributed by atoms with Crippen molar-refractivity contribution in [3.63, 3.8) is 0 Å². The highest BCUT2D eigenvalue weighted by atomic mass is 16.6. The lowest BCUT2D eigenvalue weighted by Crippen LogP contribution is -2.28. The molecule has 1 aromatic carbocycles. The van der Waals surface area contributed by atoms with Gasteiger partial charge < -0.3 is 5.32 Å². The minimum Gasteiger partial charge on any atom is -0.350 e. The molecule has 0 aliphatic rings. The molecule has 0 aliphatic carbocycles. The van der Waals surface area contributed by atoms with E-state index in [1.807, 2.05) is 31.2 Å². The summed E-state index contributed by atoms with van der Waals surface area (Å²) in [7, 11) is 0. The lowest BCUT2D eigenvalue weighted by Gasteiger charge is -2.04. The zero-order valence-corrected chi connectivity index (χ0v) is 8.12. The maximum absolute atomic E-state index is 11.0. The Balaban J connectivity index is 2.41. The first kappa shape index (κ1) is 10.7. The molecular formula is C10H14N2O2. The van der Waals surface area contributed by atoms with E-state index in [1.54, 1.807) is 0 Å². The van der Waals surface area contributed by atoms with Gasteiger partial charge in [-0.15, -0.1) is 0 Å². The molecule has 0 radical (unpaired) electrons. The normalized spacial score (nSPS) is 9.86. The zero-order valence-electron chi connectivity index (χ0n) is 8.12. The molecule has 0 fully saturated rings. The summed E-state index contributed by atoms with van der Waals surface area (Å²) >= 11 is 0. The van der Waals surface area contributed by atoms with Gasteiger partial charge in [0.05, 0.1) is 0 Å². The van der Waals surface area contributed by atoms with Gasteiger partial charge >= 0.3 is 0 Å². The predicted molar refractivity (Wildman–Crippen MR) is 53.2 cm³/mol. The van der Waals surface area contributed by atoms with Crippen LogP contribution in [-0.4, -0.2) is 12.5 Å². The van der Waals surface area contributed by atoms with Crippen LogP contribution in [0.1, 0.15) is 11.1 Å². The van der Waals surface area contributed by atoms with Crippen LogP contribution in [0.2, 0.25) is 0 Å². The summed E-state index contributed by atoms with van der Waals surface area (Å²) in [6, 6.07) is 7.94. The summed E-state index contributed by atoms with van der Waals surface area (Å²) in [5, 5.41) is 2.68. The van der Waals surface area contributed by atoms with Crippen LogP contribution in [0.25, 0.3) is 0 Å². The second-order valence-electron chi connectivity index (χ2n) is 3.08. The number of aryl methyl sites for hydroxylation is 1. The van der Waals surface area contributed by atoms with Crippen LogP contribution in [0.15, 0.2) is 24.3 Å². The number of nitrogens with one attached hydrogen (secondary N) is 1. The minimum absolute atomic E-state index is 0.105. The van der Waals surface area contributed by atoms with Crippen LogP contribution in [0.5, 0.6) is 0 Å². The van der Waals surface area contributed by atoms with Crippen molar-refractivity contribution < 1.29 is 9.63 Å². The van der Waals surface area contributed by atoms with Gasteiger partial charge in [-0.1, -0.05) is 29.8 Å². The Morgan fingerprint density at radius 2 is 2.36 bits per heavy atom. The largest absolute Gasteiger partial charge is 0.350 e. The Bertz CT molecular complexity index is 313. The highest BCUT2D eigenvalue weighted by Gasteiger charge is 1.99. The Labute approximate surface area is 83.0 Å². The molecule has 1 amide bonds. The highest BCUT2D eigenvalue weighted by Crippen LogP contribution is 2.02. The Morgan fingerprint density at radius 3 is 3.00 bits per heavy atom. The Morgan fingerprint density at radius 1 is 1.57 bits per heavy atom. The molecule has 4 nitrogen and oxygen atoms in total. The van der Waals surface area contributed by atoms with Crippen LogP contribution in [0.3, 0.4) is 0 Å². The summed E-state index contributed by atoms with van der Waals surface area (Å²) in [5.41, 5.74) is 2.24. The standard InChI is InChI=1S/C10H14N2O2/c1-8-3-2-4-9(5-8)6-12-10(13)7-14-11/h2-5H,6-7,11H2,1H3,(H,12,13). The fourth-order valence-electron chi connectivity index (χ4n) is 1.15. The molecule has 0 heterocycles. The quantitative estimate of drug-likeness (QED) is 0.686. The first-order valence-corrected chi connectivity index (χ1v) is 4.36. The van der Waals surface area contributed by atoms with E-state index in [4.69, 9.17) is 5.90 Å². The smallest absolute Gasteiger partial charge is 0.248 e. The summed E-state index contributed by atoms with van der Waals surface area (Å²) in [5.74, 6) is 4.55. The van der Waals surface area contributed by atoms with Gasteiger partial charge in [0.15, 0.2) is 0 Å². The molecule has 0 bridgehead atoms. The first-order chi connectivity index (χ1) is 6.72. The molecule has 0 saturated heterocycles. The third kappa shape index (κ3) is 3.55. The highest BCUT2D eigenvalue weighted by molar-refractivity contribution is 5.77. The van der Waals surface area contributed by atoms with Crippen LogP contribution < -0.4 is 11.2 Å². The number of carbonyl (C=O) groups is 1. The van der Waals surface area contributed by atoms with Gasteiger partial charge in [0.25, 0.3) is 0 Å². The fraction of sp³-hybridized carbons (Fsp3) is 0.300. The topological polar surface area (TPSA) is 64.3 Å². The summed E-state index contributed by atoms with van der Waals surface area (Å²) in [4.78, 5) is 15.2. The molecule has 0 aliphatic heterocycles. The number of hydrogen-bond donors (Lipinski definition) is 2. The fourth-order valence-corrected chi connectivity index (χ4v) is 1.15. The monoisotopic (exact) mass is 194 g/mol. The number of carbonyl (C=O) groups excluding carboxylic acids is 1. The average molecular weight is 194 g/mol. The molecule has 3 N–H and O–H groups in total. The van der Waals surface area contributed by atoms with E-state index in [0.717, 1.165) is 5.56 Å². The van der Waals surface area contributed by atoms with E-state index in [9.17, 15) is 4.79 Å². The van der Waals surface area contributed by atoms with Crippen LogP contribution in [-0.2, 0) is 16.2 Å². The molecule has 1 aromatic rings. The molecule has 0 aromatic heterocycles. The van der Waals surface area contributed by atoms with Crippen LogP contribution >= 0.6 is 0 Å². The Hall–Kier alpha value is -1.39. The maximum Gasteiger partial charge on any atom is 0.248 e. The van der Waals surface area contributed by atoms with Crippen molar-refractivity contribution in [2.24, 2.45) is 5.90 Å². The second-order valence-corrected chi connectivity index (χ2v) is 3.08. The number of benzene rings is 1. The van der Waals surface area contributed by atoms with E-state index in [1.165, 1.54) is 5.56 Å². The molecule has 0 saturated carbocycles. The molecule has 4 heteroatoms. The van der Waals surface area contributed by atoms with Gasteiger partial charge in [0.1, 0.15) is 6.61 Å². The van der Waals surface area contributed by atoms with Crippen molar-refractivity contribution >= 4 is 5.91 Å². The summed E-state index contributed by atoms with van der Waals surface area (Å²) in [6.07, 6.45) is 0. The van der Waals surface area contributed by atoms with Crippen molar-refractivity contribution in [2.45, 2.75) is 13.5 Å². The summed E-state index contributed by atoms with van der Waals surface area (Å²) < 4.78 is 0. The molecule has 0 atom stereocenters.